The van der Waals surface area contributed by atoms with Gasteiger partial charge in [-0.15, -0.1) is 0 Å². The zero-order valence-corrected chi connectivity index (χ0v) is 11.8. The van der Waals surface area contributed by atoms with Crippen molar-refractivity contribution in [1.82, 2.24) is 9.80 Å². The molecule has 3 N–H and O–H groups in total. The highest BCUT2D eigenvalue weighted by Crippen LogP contribution is 2.21. The quantitative estimate of drug-likeness (QED) is 0.695. The van der Waals surface area contributed by atoms with Crippen molar-refractivity contribution in [2.75, 3.05) is 32.7 Å². The topological polar surface area (TPSA) is 96.1 Å². The number of hydrogen-bond donors (Lipinski definition) is 2. The van der Waals surface area contributed by atoms with Crippen molar-refractivity contribution in [1.29, 1.82) is 0 Å². The fraction of sp³-hybridized carbons (Fsp3) is 0.846. The number of ether oxygens (including phenoxy) is 1. The Hall–Kier alpha value is -1.18. The zero-order valence-electron chi connectivity index (χ0n) is 11.8. The molecule has 20 heavy (non-hydrogen) atoms. The number of nitrogens with zero attached hydrogens (tertiary/aromatic N) is 2. The van der Waals surface area contributed by atoms with E-state index in [2.05, 4.69) is 0 Å². The maximum atomic E-state index is 12.3. The summed E-state index contributed by atoms with van der Waals surface area (Å²) in [6, 6.07) is -0.503. The molecule has 2 aliphatic heterocycles. The van der Waals surface area contributed by atoms with Crippen LogP contribution in [-0.4, -0.2) is 77.8 Å². The second-order valence-corrected chi connectivity index (χ2v) is 5.44. The molecule has 3 unspecified atom stereocenters. The molecule has 2 fully saturated rings. The lowest BCUT2D eigenvalue weighted by molar-refractivity contribution is -0.147. The van der Waals surface area contributed by atoms with E-state index < -0.39 is 12.0 Å². The Morgan fingerprint density at radius 1 is 1.30 bits per heavy atom. The predicted octanol–water partition coefficient (Wildman–Crippen LogP) is -0.890. The van der Waals surface area contributed by atoms with Crippen LogP contribution in [0.2, 0.25) is 0 Å². The van der Waals surface area contributed by atoms with Crippen LogP contribution in [0.5, 0.6) is 0 Å². The zero-order chi connectivity index (χ0) is 14.7. The van der Waals surface area contributed by atoms with Gasteiger partial charge in [-0.2, -0.15) is 0 Å². The Labute approximate surface area is 118 Å². The van der Waals surface area contributed by atoms with Crippen molar-refractivity contribution in [3.8, 4) is 0 Å². The van der Waals surface area contributed by atoms with Crippen LogP contribution >= 0.6 is 0 Å². The molecule has 0 spiro atoms. The van der Waals surface area contributed by atoms with Gasteiger partial charge >= 0.3 is 5.97 Å². The molecule has 3 atom stereocenters. The van der Waals surface area contributed by atoms with Gasteiger partial charge in [0.25, 0.3) is 5.91 Å². The third-order valence-corrected chi connectivity index (χ3v) is 4.18. The summed E-state index contributed by atoms with van der Waals surface area (Å²) in [6.45, 7) is 4.42. The van der Waals surface area contributed by atoms with Gasteiger partial charge in [0, 0.05) is 32.7 Å². The smallest absolute Gasteiger partial charge is 0.320 e. The molecule has 2 aliphatic rings. The number of carboxylic acids is 1. The summed E-state index contributed by atoms with van der Waals surface area (Å²) in [4.78, 5) is 26.9. The molecular weight excluding hydrogens is 262 g/mol. The van der Waals surface area contributed by atoms with Crippen LogP contribution in [0, 0.1) is 0 Å². The molecular formula is C13H23N3O4. The fourth-order valence-corrected chi connectivity index (χ4v) is 2.75. The van der Waals surface area contributed by atoms with Gasteiger partial charge in [0.1, 0.15) is 12.1 Å². The first-order chi connectivity index (χ1) is 9.52. The first-order valence-corrected chi connectivity index (χ1v) is 7.14. The number of piperazine rings is 1. The van der Waals surface area contributed by atoms with Gasteiger partial charge in [-0.1, -0.05) is 0 Å². The second-order valence-electron chi connectivity index (χ2n) is 5.44. The summed E-state index contributed by atoms with van der Waals surface area (Å²) in [5.74, 6) is -0.807. The van der Waals surface area contributed by atoms with E-state index in [-0.39, 0.29) is 18.1 Å². The van der Waals surface area contributed by atoms with Crippen LogP contribution in [0.3, 0.4) is 0 Å². The number of aliphatic carboxylic acids is 1. The summed E-state index contributed by atoms with van der Waals surface area (Å²) < 4.78 is 5.61. The molecule has 2 heterocycles. The Morgan fingerprint density at radius 2 is 1.95 bits per heavy atom. The van der Waals surface area contributed by atoms with Gasteiger partial charge in [-0.3, -0.25) is 14.5 Å². The molecule has 0 aromatic carbocycles. The van der Waals surface area contributed by atoms with Gasteiger partial charge in [-0.05, 0) is 19.8 Å². The largest absolute Gasteiger partial charge is 0.480 e. The Bertz CT molecular complexity index is 369. The molecule has 7 nitrogen and oxygen atoms in total. The first-order valence-electron chi connectivity index (χ1n) is 7.14. The highest BCUT2D eigenvalue weighted by atomic mass is 16.5. The lowest BCUT2D eigenvalue weighted by atomic mass is 10.1. The summed E-state index contributed by atoms with van der Waals surface area (Å²) >= 11 is 0. The maximum Gasteiger partial charge on any atom is 0.320 e. The second kappa shape index (κ2) is 6.51. The lowest BCUT2D eigenvalue weighted by Crippen LogP contribution is -2.54. The number of amides is 1. The summed E-state index contributed by atoms with van der Waals surface area (Å²) in [5.41, 5.74) is 5.54. The first kappa shape index (κ1) is 15.2. The van der Waals surface area contributed by atoms with Crippen molar-refractivity contribution in [3.05, 3.63) is 0 Å². The van der Waals surface area contributed by atoms with E-state index in [1.165, 1.54) is 0 Å². The normalized spacial score (nSPS) is 29.4. The third kappa shape index (κ3) is 3.28. The van der Waals surface area contributed by atoms with Gasteiger partial charge in [-0.25, -0.2) is 0 Å². The SMILES string of the molecule is CC(C(=O)O)N1CCN(C(=O)C2CCC(CN)O2)CC1. The van der Waals surface area contributed by atoms with E-state index in [0.29, 0.717) is 32.7 Å². The van der Waals surface area contributed by atoms with E-state index in [1.54, 1.807) is 11.8 Å². The van der Waals surface area contributed by atoms with E-state index in [4.69, 9.17) is 15.6 Å². The average Bonchev–Trinajstić information content (AvgIpc) is 2.94. The monoisotopic (exact) mass is 285 g/mol. The van der Waals surface area contributed by atoms with Crippen LogP contribution in [0.25, 0.3) is 0 Å². The molecule has 0 bridgehead atoms. The van der Waals surface area contributed by atoms with Crippen molar-refractivity contribution in [3.63, 3.8) is 0 Å². The van der Waals surface area contributed by atoms with Crippen LogP contribution in [0.15, 0.2) is 0 Å². The van der Waals surface area contributed by atoms with E-state index in [1.807, 2.05) is 4.90 Å². The summed E-state index contributed by atoms with van der Waals surface area (Å²) in [6.07, 6.45) is 1.19. The third-order valence-electron chi connectivity index (χ3n) is 4.18. The number of carbonyl (C=O) groups is 2. The van der Waals surface area contributed by atoms with E-state index in [0.717, 1.165) is 12.8 Å². The molecule has 2 rings (SSSR count). The number of hydrogen-bond acceptors (Lipinski definition) is 5. The highest BCUT2D eigenvalue weighted by molar-refractivity contribution is 5.81. The predicted molar refractivity (Wildman–Crippen MR) is 72.2 cm³/mol. The molecule has 2 saturated heterocycles. The number of nitrogens with two attached hydrogens (primary N) is 1. The Balaban J connectivity index is 1.82. The average molecular weight is 285 g/mol. The highest BCUT2D eigenvalue weighted by Gasteiger charge is 2.35. The number of rotatable bonds is 4. The minimum atomic E-state index is -0.824. The van der Waals surface area contributed by atoms with Crippen molar-refractivity contribution in [2.45, 2.75) is 38.0 Å². The van der Waals surface area contributed by atoms with Crippen LogP contribution < -0.4 is 5.73 Å². The van der Waals surface area contributed by atoms with E-state index >= 15 is 0 Å². The molecule has 0 aromatic rings. The molecule has 114 valence electrons. The lowest BCUT2D eigenvalue weighted by Gasteiger charge is -2.37. The van der Waals surface area contributed by atoms with Crippen molar-refractivity contribution >= 4 is 11.9 Å². The van der Waals surface area contributed by atoms with Crippen LogP contribution in [0.1, 0.15) is 19.8 Å². The Kier molecular flexibility index (Phi) is 4.95. The minimum Gasteiger partial charge on any atom is -0.480 e. The fourth-order valence-electron chi connectivity index (χ4n) is 2.75. The van der Waals surface area contributed by atoms with Gasteiger partial charge in [0.05, 0.1) is 6.10 Å². The maximum absolute atomic E-state index is 12.3. The molecule has 7 heteroatoms. The molecule has 0 radical (unpaired) electrons. The molecule has 0 aliphatic carbocycles. The standard InChI is InChI=1S/C13H23N3O4/c1-9(13(18)19)15-4-6-16(7-5-15)12(17)11-3-2-10(8-14)20-11/h9-11H,2-8,14H2,1H3,(H,18,19). The minimum absolute atomic E-state index is 0.00253. The number of carboxylic acid groups (broad SMARTS) is 1. The number of carbonyl (C=O) groups excluding carboxylic acids is 1. The van der Waals surface area contributed by atoms with Crippen LogP contribution in [-0.2, 0) is 14.3 Å². The molecule has 0 aromatic heterocycles. The van der Waals surface area contributed by atoms with Gasteiger partial charge in [0.15, 0.2) is 0 Å². The van der Waals surface area contributed by atoms with E-state index in [9.17, 15) is 9.59 Å². The van der Waals surface area contributed by atoms with Crippen molar-refractivity contribution in [2.24, 2.45) is 5.73 Å². The summed E-state index contributed by atoms with van der Waals surface area (Å²) in [7, 11) is 0. The molecule has 1 amide bonds. The summed E-state index contributed by atoms with van der Waals surface area (Å²) in [5, 5.41) is 8.98. The van der Waals surface area contributed by atoms with Gasteiger partial charge < -0.3 is 20.5 Å². The van der Waals surface area contributed by atoms with Gasteiger partial charge in [0.2, 0.25) is 0 Å². The molecule has 0 saturated carbocycles. The van der Waals surface area contributed by atoms with Crippen molar-refractivity contribution < 1.29 is 19.4 Å². The van der Waals surface area contributed by atoms with Crippen LogP contribution in [0.4, 0.5) is 0 Å². The Morgan fingerprint density at radius 3 is 2.45 bits per heavy atom.